The summed E-state index contributed by atoms with van der Waals surface area (Å²) in [6.07, 6.45) is 5.83. The molecular formula is C27H35N7OS. The van der Waals surface area contributed by atoms with E-state index >= 15 is 0 Å². The van der Waals surface area contributed by atoms with Gasteiger partial charge in [-0.3, -0.25) is 14.6 Å². The molecule has 5 aliphatic rings. The Balaban J connectivity index is 0.906. The molecule has 1 aromatic carbocycles. The van der Waals surface area contributed by atoms with E-state index in [1.807, 2.05) is 25.2 Å². The molecule has 2 aromatic rings. The first-order chi connectivity index (χ1) is 17.4. The average Bonchev–Trinajstić information content (AvgIpc) is 3.61. The highest BCUT2D eigenvalue weighted by atomic mass is 32.2. The van der Waals surface area contributed by atoms with Crippen molar-refractivity contribution in [1.29, 1.82) is 0 Å². The lowest BCUT2D eigenvalue weighted by atomic mass is 9.73. The molecule has 2 spiro atoms. The minimum atomic E-state index is -0.312. The van der Waals surface area contributed by atoms with Crippen molar-refractivity contribution in [2.75, 3.05) is 63.6 Å². The predicted octanol–water partition coefficient (Wildman–Crippen LogP) is 2.82. The van der Waals surface area contributed by atoms with Crippen molar-refractivity contribution in [3.63, 3.8) is 0 Å². The van der Waals surface area contributed by atoms with Gasteiger partial charge in [0.1, 0.15) is 5.82 Å². The van der Waals surface area contributed by atoms with E-state index in [4.69, 9.17) is 4.98 Å². The molecule has 1 aromatic heterocycles. The van der Waals surface area contributed by atoms with Gasteiger partial charge in [-0.05, 0) is 62.4 Å². The van der Waals surface area contributed by atoms with Crippen LogP contribution < -0.4 is 10.2 Å². The molecule has 7 rings (SSSR count). The van der Waals surface area contributed by atoms with Crippen LogP contribution >= 0.6 is 11.9 Å². The Morgan fingerprint density at radius 1 is 1.11 bits per heavy atom. The summed E-state index contributed by atoms with van der Waals surface area (Å²) in [4.78, 5) is 30.0. The van der Waals surface area contributed by atoms with Crippen LogP contribution in [0.3, 0.4) is 0 Å². The number of carbonyl (C=O) groups is 1. The lowest BCUT2D eigenvalue weighted by Gasteiger charge is -2.59. The van der Waals surface area contributed by atoms with Gasteiger partial charge in [0.25, 0.3) is 0 Å². The zero-order valence-corrected chi connectivity index (χ0v) is 22.1. The summed E-state index contributed by atoms with van der Waals surface area (Å²) in [7, 11) is 4.06. The number of nitrogens with zero attached hydrogens (tertiary/aromatic N) is 6. The van der Waals surface area contributed by atoms with E-state index in [1.54, 1.807) is 4.90 Å². The number of anilines is 2. The number of hydrogen-bond donors (Lipinski definition) is 1. The average molecular weight is 506 g/mol. The molecule has 1 N–H and O–H groups in total. The van der Waals surface area contributed by atoms with E-state index in [0.29, 0.717) is 17.4 Å². The number of benzene rings is 1. The molecule has 4 aliphatic heterocycles. The zero-order valence-electron chi connectivity index (χ0n) is 21.2. The molecule has 5 heterocycles. The summed E-state index contributed by atoms with van der Waals surface area (Å²) in [6, 6.07) is 9.44. The Morgan fingerprint density at radius 3 is 2.61 bits per heavy atom. The molecule has 36 heavy (non-hydrogen) atoms. The molecule has 1 saturated carbocycles. The van der Waals surface area contributed by atoms with Crippen LogP contribution in [-0.2, 0) is 16.8 Å². The van der Waals surface area contributed by atoms with Crippen molar-refractivity contribution < 1.29 is 4.79 Å². The van der Waals surface area contributed by atoms with Crippen molar-refractivity contribution in [3.05, 3.63) is 41.6 Å². The minimum absolute atomic E-state index is 0.179. The highest BCUT2D eigenvalue weighted by molar-refractivity contribution is 7.97. The maximum Gasteiger partial charge on any atom is 0.238 e. The Hall–Kier alpha value is -2.20. The van der Waals surface area contributed by atoms with Crippen LogP contribution in [0.4, 0.5) is 11.8 Å². The van der Waals surface area contributed by atoms with Gasteiger partial charge in [0, 0.05) is 81.0 Å². The number of aromatic nitrogens is 2. The number of likely N-dealkylation sites (N-methyl/N-ethyl adjacent to an activating group) is 1. The van der Waals surface area contributed by atoms with E-state index in [1.165, 1.54) is 36.6 Å². The van der Waals surface area contributed by atoms with Gasteiger partial charge in [-0.2, -0.15) is 4.98 Å². The lowest BCUT2D eigenvalue weighted by molar-refractivity contribution is -0.119. The number of amides is 1. The fourth-order valence-corrected chi connectivity index (χ4v) is 7.91. The van der Waals surface area contributed by atoms with E-state index in [0.717, 1.165) is 56.7 Å². The van der Waals surface area contributed by atoms with Crippen LogP contribution in [0.25, 0.3) is 0 Å². The van der Waals surface area contributed by atoms with Gasteiger partial charge >= 0.3 is 0 Å². The zero-order chi connectivity index (χ0) is 24.5. The summed E-state index contributed by atoms with van der Waals surface area (Å²) >= 11 is 1.88. The molecular weight excluding hydrogens is 470 g/mol. The maximum absolute atomic E-state index is 12.6. The van der Waals surface area contributed by atoms with Crippen molar-refractivity contribution in [2.45, 2.75) is 48.6 Å². The summed E-state index contributed by atoms with van der Waals surface area (Å²) in [5.41, 5.74) is 2.72. The van der Waals surface area contributed by atoms with E-state index in [2.05, 4.69) is 55.7 Å². The molecule has 190 valence electrons. The van der Waals surface area contributed by atoms with E-state index in [-0.39, 0.29) is 11.3 Å². The third-order valence-electron chi connectivity index (χ3n) is 8.72. The number of fused-ring (bicyclic) bond motifs is 2. The Labute approximate surface area is 217 Å². The fourth-order valence-electron chi connectivity index (χ4n) is 6.87. The van der Waals surface area contributed by atoms with Crippen LogP contribution in [0.1, 0.15) is 36.8 Å². The maximum atomic E-state index is 12.6. The van der Waals surface area contributed by atoms with Crippen LogP contribution in [0, 0.1) is 5.41 Å². The SMILES string of the molecule is CN1CC2(C1)CN(Cc1cccc(SN3CCC(Nc4ncc5c(n4)N(C)C(=O)C54CC4)CC3)c1)C2. The van der Waals surface area contributed by atoms with Gasteiger partial charge in [-0.1, -0.05) is 12.1 Å². The summed E-state index contributed by atoms with van der Waals surface area (Å²) in [5, 5.41) is 3.54. The smallest absolute Gasteiger partial charge is 0.238 e. The van der Waals surface area contributed by atoms with Gasteiger partial charge in [0.05, 0.1) is 5.41 Å². The predicted molar refractivity (Wildman–Crippen MR) is 142 cm³/mol. The van der Waals surface area contributed by atoms with Crippen LogP contribution in [-0.4, -0.2) is 89.4 Å². The second kappa shape index (κ2) is 8.41. The van der Waals surface area contributed by atoms with E-state index in [9.17, 15) is 4.79 Å². The van der Waals surface area contributed by atoms with Crippen molar-refractivity contribution in [3.8, 4) is 0 Å². The van der Waals surface area contributed by atoms with Crippen LogP contribution in [0.15, 0.2) is 35.4 Å². The van der Waals surface area contributed by atoms with Gasteiger partial charge in [-0.15, -0.1) is 0 Å². The Bertz CT molecular complexity index is 1180. The fraction of sp³-hybridized carbons (Fsp3) is 0.593. The molecule has 0 atom stereocenters. The van der Waals surface area contributed by atoms with E-state index < -0.39 is 0 Å². The normalized spacial score (nSPS) is 25.2. The van der Waals surface area contributed by atoms with Crippen molar-refractivity contribution in [2.24, 2.45) is 5.41 Å². The van der Waals surface area contributed by atoms with Gasteiger partial charge in [0.2, 0.25) is 11.9 Å². The topological polar surface area (TPSA) is 67.8 Å². The molecule has 0 unspecified atom stereocenters. The van der Waals surface area contributed by atoms with Gasteiger partial charge < -0.3 is 10.2 Å². The van der Waals surface area contributed by atoms with Gasteiger partial charge in [0.15, 0.2) is 0 Å². The molecule has 4 fully saturated rings. The second-order valence-electron chi connectivity index (χ2n) is 11.8. The standard InChI is InChI=1S/C27H35N7OS/c1-31-15-26(16-31)17-33(18-26)14-19-4-3-5-21(12-19)36-34-10-6-20(7-11-34)29-25-28-13-22-23(30-25)32(2)24(35)27(22)8-9-27/h3-5,12-13,20H,6-11,14-18H2,1-2H3,(H,28,29,30). The Morgan fingerprint density at radius 2 is 1.89 bits per heavy atom. The molecule has 1 amide bonds. The third kappa shape index (κ3) is 3.91. The molecule has 9 heteroatoms. The molecule has 8 nitrogen and oxygen atoms in total. The largest absolute Gasteiger partial charge is 0.351 e. The first-order valence-electron chi connectivity index (χ1n) is 13.3. The molecule has 0 bridgehead atoms. The highest BCUT2D eigenvalue weighted by Crippen LogP contribution is 2.56. The first kappa shape index (κ1) is 23.0. The van der Waals surface area contributed by atoms with Crippen molar-refractivity contribution in [1.82, 2.24) is 24.1 Å². The minimum Gasteiger partial charge on any atom is -0.351 e. The number of rotatable bonds is 6. The molecule has 3 saturated heterocycles. The third-order valence-corrected chi connectivity index (χ3v) is 9.81. The summed E-state index contributed by atoms with van der Waals surface area (Å²) in [5.74, 6) is 1.61. The highest BCUT2D eigenvalue weighted by Gasteiger charge is 2.59. The number of carbonyl (C=O) groups excluding carboxylic acids is 1. The Kier molecular flexibility index (Phi) is 5.36. The quantitative estimate of drug-likeness (QED) is 0.602. The van der Waals surface area contributed by atoms with Crippen molar-refractivity contribution >= 4 is 29.6 Å². The number of nitrogens with one attached hydrogen (secondary N) is 1. The number of hydrogen-bond acceptors (Lipinski definition) is 8. The van der Waals surface area contributed by atoms with Gasteiger partial charge in [-0.25, -0.2) is 9.29 Å². The first-order valence-corrected chi connectivity index (χ1v) is 14.0. The summed E-state index contributed by atoms with van der Waals surface area (Å²) < 4.78 is 2.48. The number of piperidine rings is 1. The lowest BCUT2D eigenvalue weighted by Crippen LogP contribution is -2.70. The monoisotopic (exact) mass is 505 g/mol. The van der Waals surface area contributed by atoms with Crippen LogP contribution in [0.2, 0.25) is 0 Å². The number of likely N-dealkylation sites (tertiary alicyclic amines) is 2. The molecule has 0 radical (unpaired) electrons. The summed E-state index contributed by atoms with van der Waals surface area (Å²) in [6.45, 7) is 8.14. The second-order valence-corrected chi connectivity index (χ2v) is 13.0. The van der Waals surface area contributed by atoms with Crippen LogP contribution in [0.5, 0.6) is 0 Å². The molecule has 1 aliphatic carbocycles.